The highest BCUT2D eigenvalue weighted by Gasteiger charge is 2.22. The lowest BCUT2D eigenvalue weighted by atomic mass is 10.0. The number of rotatable bonds is 4. The third-order valence-electron chi connectivity index (χ3n) is 5.22. The molecule has 0 saturated carbocycles. The normalized spacial score (nSPS) is 14.0. The van der Waals surface area contributed by atoms with Crippen LogP contribution in [0, 0.1) is 0 Å². The molecule has 0 radical (unpaired) electrons. The summed E-state index contributed by atoms with van der Waals surface area (Å²) in [6.07, 6.45) is 0. The molecule has 1 saturated heterocycles. The summed E-state index contributed by atoms with van der Waals surface area (Å²) < 4.78 is 5.17. The van der Waals surface area contributed by atoms with Crippen LogP contribution in [0.2, 0.25) is 0 Å². The number of carbonyl (C=O) groups is 1. The number of benzene rings is 3. The molecule has 4 nitrogen and oxygen atoms in total. The number of hydrogen-bond donors (Lipinski definition) is 0. The average Bonchev–Trinajstić information content (AvgIpc) is 2.79. The Morgan fingerprint density at radius 2 is 1.46 bits per heavy atom. The molecular weight excluding hydrogens is 348 g/mol. The molecule has 1 aliphatic rings. The van der Waals surface area contributed by atoms with Crippen LogP contribution < -0.4 is 9.64 Å². The van der Waals surface area contributed by atoms with E-state index in [0.29, 0.717) is 5.56 Å². The molecule has 3 aromatic carbocycles. The van der Waals surface area contributed by atoms with Crippen LogP contribution in [-0.2, 0) is 0 Å². The Bertz CT molecular complexity index is 930. The summed E-state index contributed by atoms with van der Waals surface area (Å²) in [5, 5.41) is 0. The predicted molar refractivity (Wildman–Crippen MR) is 113 cm³/mol. The molecule has 0 atom stereocenters. The lowest BCUT2D eigenvalue weighted by Gasteiger charge is -2.36. The molecule has 0 aromatic heterocycles. The lowest BCUT2D eigenvalue weighted by Crippen LogP contribution is -2.48. The molecule has 0 spiro atoms. The molecule has 0 unspecified atom stereocenters. The minimum atomic E-state index is 0.0836. The molecule has 142 valence electrons. The van der Waals surface area contributed by atoms with E-state index in [-0.39, 0.29) is 5.91 Å². The average molecular weight is 372 g/mol. The van der Waals surface area contributed by atoms with Crippen LogP contribution in [0.5, 0.6) is 5.75 Å². The largest absolute Gasteiger partial charge is 0.497 e. The van der Waals surface area contributed by atoms with Gasteiger partial charge in [-0.25, -0.2) is 0 Å². The number of ether oxygens (including phenoxy) is 1. The van der Waals surface area contributed by atoms with Crippen molar-refractivity contribution in [1.29, 1.82) is 0 Å². The molecule has 1 amide bonds. The van der Waals surface area contributed by atoms with Crippen molar-refractivity contribution in [2.45, 2.75) is 0 Å². The second kappa shape index (κ2) is 8.17. The van der Waals surface area contributed by atoms with Gasteiger partial charge in [0.25, 0.3) is 5.91 Å². The van der Waals surface area contributed by atoms with Crippen molar-refractivity contribution in [3.8, 4) is 16.9 Å². The maximum absolute atomic E-state index is 12.7. The van der Waals surface area contributed by atoms with E-state index < -0.39 is 0 Å². The summed E-state index contributed by atoms with van der Waals surface area (Å²) in [5.41, 5.74) is 4.35. The Balaban J connectivity index is 1.42. The summed E-state index contributed by atoms with van der Waals surface area (Å²) in [6.45, 7) is 3.11. The Morgan fingerprint density at radius 1 is 0.786 bits per heavy atom. The number of methoxy groups -OCH3 is 1. The van der Waals surface area contributed by atoms with E-state index in [9.17, 15) is 4.79 Å². The summed E-state index contributed by atoms with van der Waals surface area (Å²) >= 11 is 0. The topological polar surface area (TPSA) is 32.8 Å². The van der Waals surface area contributed by atoms with Gasteiger partial charge in [0.2, 0.25) is 0 Å². The van der Waals surface area contributed by atoms with Gasteiger partial charge in [-0.05, 0) is 47.5 Å². The van der Waals surface area contributed by atoms with Crippen LogP contribution in [0.1, 0.15) is 10.4 Å². The predicted octanol–water partition coefficient (Wildman–Crippen LogP) is 4.32. The summed E-state index contributed by atoms with van der Waals surface area (Å²) in [5.74, 6) is 0.847. The SMILES string of the molecule is COc1ccc(C(=O)N2CCN(c3cccc(-c4ccccc4)c3)CC2)cc1. The van der Waals surface area contributed by atoms with Gasteiger partial charge < -0.3 is 14.5 Å². The van der Waals surface area contributed by atoms with E-state index in [2.05, 4.69) is 53.4 Å². The van der Waals surface area contributed by atoms with Crippen LogP contribution in [0.4, 0.5) is 5.69 Å². The molecule has 0 bridgehead atoms. The van der Waals surface area contributed by atoms with E-state index in [0.717, 1.165) is 31.9 Å². The quantitative estimate of drug-likeness (QED) is 0.684. The van der Waals surface area contributed by atoms with Crippen molar-refractivity contribution in [2.24, 2.45) is 0 Å². The molecule has 0 N–H and O–H groups in total. The maximum atomic E-state index is 12.7. The van der Waals surface area contributed by atoms with Crippen molar-refractivity contribution in [3.05, 3.63) is 84.4 Å². The minimum absolute atomic E-state index is 0.0836. The van der Waals surface area contributed by atoms with Crippen molar-refractivity contribution >= 4 is 11.6 Å². The second-order valence-electron chi connectivity index (χ2n) is 6.92. The lowest BCUT2D eigenvalue weighted by molar-refractivity contribution is 0.0747. The van der Waals surface area contributed by atoms with Crippen LogP contribution in [0.3, 0.4) is 0 Å². The fraction of sp³-hybridized carbons (Fsp3) is 0.208. The monoisotopic (exact) mass is 372 g/mol. The first-order valence-electron chi connectivity index (χ1n) is 9.58. The molecule has 1 heterocycles. The number of amides is 1. The van der Waals surface area contributed by atoms with Crippen molar-refractivity contribution in [1.82, 2.24) is 4.90 Å². The third kappa shape index (κ3) is 3.86. The summed E-state index contributed by atoms with van der Waals surface area (Å²) in [4.78, 5) is 17.0. The zero-order valence-corrected chi connectivity index (χ0v) is 16.0. The van der Waals surface area contributed by atoms with Crippen molar-refractivity contribution in [2.75, 3.05) is 38.2 Å². The van der Waals surface area contributed by atoms with Gasteiger partial charge >= 0.3 is 0 Å². The number of carbonyl (C=O) groups excluding carboxylic acids is 1. The van der Waals surface area contributed by atoms with Gasteiger partial charge in [-0.2, -0.15) is 0 Å². The van der Waals surface area contributed by atoms with Gasteiger partial charge in [0, 0.05) is 37.4 Å². The third-order valence-corrected chi connectivity index (χ3v) is 5.22. The molecule has 28 heavy (non-hydrogen) atoms. The number of piperazine rings is 1. The highest BCUT2D eigenvalue weighted by Crippen LogP contribution is 2.25. The van der Waals surface area contributed by atoms with Gasteiger partial charge in [-0.1, -0.05) is 42.5 Å². The standard InChI is InChI=1S/C24H24N2O2/c1-28-23-12-10-20(11-13-23)24(27)26-16-14-25(15-17-26)22-9-5-8-21(18-22)19-6-3-2-4-7-19/h2-13,18H,14-17H2,1H3. The molecule has 1 aliphatic heterocycles. The van der Waals surface area contributed by atoms with Crippen molar-refractivity contribution < 1.29 is 9.53 Å². The number of nitrogens with zero attached hydrogens (tertiary/aromatic N) is 2. The first-order valence-corrected chi connectivity index (χ1v) is 9.58. The number of anilines is 1. The zero-order valence-electron chi connectivity index (χ0n) is 16.0. The summed E-state index contributed by atoms with van der Waals surface area (Å²) in [7, 11) is 1.63. The smallest absolute Gasteiger partial charge is 0.253 e. The highest BCUT2D eigenvalue weighted by molar-refractivity contribution is 5.94. The van der Waals surface area contributed by atoms with Crippen molar-refractivity contribution in [3.63, 3.8) is 0 Å². The Labute approximate surface area is 166 Å². The first-order chi connectivity index (χ1) is 13.7. The van der Waals surface area contributed by atoms with E-state index in [4.69, 9.17) is 4.74 Å². The van der Waals surface area contributed by atoms with E-state index >= 15 is 0 Å². The second-order valence-corrected chi connectivity index (χ2v) is 6.92. The van der Waals surface area contributed by atoms with Gasteiger partial charge in [0.05, 0.1) is 7.11 Å². The molecular formula is C24H24N2O2. The Kier molecular flexibility index (Phi) is 5.29. The van der Waals surface area contributed by atoms with Crippen LogP contribution >= 0.6 is 0 Å². The van der Waals surface area contributed by atoms with Crippen LogP contribution in [-0.4, -0.2) is 44.1 Å². The fourth-order valence-corrected chi connectivity index (χ4v) is 3.60. The van der Waals surface area contributed by atoms with E-state index in [1.807, 2.05) is 35.2 Å². The van der Waals surface area contributed by atoms with E-state index in [1.165, 1.54) is 16.8 Å². The minimum Gasteiger partial charge on any atom is -0.497 e. The molecule has 3 aromatic rings. The Hall–Kier alpha value is -3.27. The molecule has 1 fully saturated rings. The Morgan fingerprint density at radius 3 is 2.14 bits per heavy atom. The van der Waals surface area contributed by atoms with Gasteiger partial charge in [-0.3, -0.25) is 4.79 Å². The van der Waals surface area contributed by atoms with Gasteiger partial charge in [-0.15, -0.1) is 0 Å². The summed E-state index contributed by atoms with van der Waals surface area (Å²) in [6, 6.07) is 26.4. The van der Waals surface area contributed by atoms with E-state index in [1.54, 1.807) is 7.11 Å². The van der Waals surface area contributed by atoms with Gasteiger partial charge in [0.1, 0.15) is 5.75 Å². The molecule has 4 heteroatoms. The van der Waals surface area contributed by atoms with Crippen LogP contribution in [0.25, 0.3) is 11.1 Å². The zero-order chi connectivity index (χ0) is 19.3. The molecule has 0 aliphatic carbocycles. The molecule has 4 rings (SSSR count). The number of hydrogen-bond acceptors (Lipinski definition) is 3. The van der Waals surface area contributed by atoms with Crippen LogP contribution in [0.15, 0.2) is 78.9 Å². The highest BCUT2D eigenvalue weighted by atomic mass is 16.5. The first kappa shape index (κ1) is 18.1. The maximum Gasteiger partial charge on any atom is 0.253 e. The van der Waals surface area contributed by atoms with Gasteiger partial charge in [0.15, 0.2) is 0 Å². The fourth-order valence-electron chi connectivity index (χ4n) is 3.60.